The van der Waals surface area contributed by atoms with Gasteiger partial charge in [0.05, 0.1) is 11.0 Å². The first kappa shape index (κ1) is 28.6. The van der Waals surface area contributed by atoms with E-state index in [9.17, 15) is 4.79 Å². The molecule has 0 unspecified atom stereocenters. The number of carbonyl (C=O) groups excluding carboxylic acids is 1. The van der Waals surface area contributed by atoms with E-state index in [2.05, 4.69) is 75.9 Å². The number of para-hydroxylation sites is 2. The summed E-state index contributed by atoms with van der Waals surface area (Å²) in [5.74, 6) is 2.98. The van der Waals surface area contributed by atoms with Gasteiger partial charge >= 0.3 is 0 Å². The second kappa shape index (κ2) is 11.8. The quantitative estimate of drug-likeness (QED) is 0.221. The summed E-state index contributed by atoms with van der Waals surface area (Å²) in [5, 5.41) is 0. The summed E-state index contributed by atoms with van der Waals surface area (Å²) in [4.78, 5) is 23.2. The van der Waals surface area contributed by atoms with Crippen LogP contribution in [0.5, 0.6) is 11.5 Å². The monoisotopic (exact) mass is 604 g/mol. The molecule has 0 radical (unpaired) electrons. The number of aromatic nitrogens is 2. The molecule has 3 aromatic carbocycles. The lowest BCUT2D eigenvalue weighted by Gasteiger charge is -2.45. The number of imidazole rings is 1. The number of aryl methyl sites for hydroxylation is 2. The standard InChI is InChI=1S/C38H44N4O3/c1-27-39-33-9-5-6-10-34(33)42(27)32-24-30-13-14-31(25-32)41(30)22-19-38(29-7-3-2-4-8-29)17-20-40(21-18-38)37(43)16-12-28-11-15-35-36(23-28)45-26-44-35/h2-11,15,23,30-32H,12-14,16-22,24-26H2,1H3/t30-,31+,32+. The fourth-order valence-corrected chi connectivity index (χ4v) is 8.96. The van der Waals surface area contributed by atoms with Crippen LogP contribution in [0.4, 0.5) is 0 Å². The van der Waals surface area contributed by atoms with E-state index < -0.39 is 0 Å². The van der Waals surface area contributed by atoms with Crippen molar-refractivity contribution >= 4 is 16.9 Å². The van der Waals surface area contributed by atoms with Gasteiger partial charge in [0.1, 0.15) is 5.82 Å². The molecule has 45 heavy (non-hydrogen) atoms. The topological polar surface area (TPSA) is 59.8 Å². The van der Waals surface area contributed by atoms with Gasteiger partial charge < -0.3 is 18.9 Å². The molecule has 0 N–H and O–H groups in total. The molecule has 0 spiro atoms. The van der Waals surface area contributed by atoms with Crippen LogP contribution < -0.4 is 9.47 Å². The van der Waals surface area contributed by atoms with Crippen molar-refractivity contribution in [3.8, 4) is 11.5 Å². The van der Waals surface area contributed by atoms with Crippen LogP contribution in [0.25, 0.3) is 11.0 Å². The molecule has 2 bridgehead atoms. The molecular weight excluding hydrogens is 560 g/mol. The molecule has 0 saturated carbocycles. The minimum atomic E-state index is 0.114. The molecule has 3 atom stereocenters. The Kier molecular flexibility index (Phi) is 7.52. The first-order chi connectivity index (χ1) is 22.1. The van der Waals surface area contributed by atoms with E-state index >= 15 is 0 Å². The maximum atomic E-state index is 13.3. The van der Waals surface area contributed by atoms with E-state index in [4.69, 9.17) is 14.5 Å². The number of carbonyl (C=O) groups is 1. The van der Waals surface area contributed by atoms with Crippen LogP contribution >= 0.6 is 0 Å². The summed E-state index contributed by atoms with van der Waals surface area (Å²) >= 11 is 0. The Bertz CT molecular complexity index is 1660. The zero-order valence-corrected chi connectivity index (χ0v) is 26.4. The zero-order chi connectivity index (χ0) is 30.4. The summed E-state index contributed by atoms with van der Waals surface area (Å²) in [7, 11) is 0. The van der Waals surface area contributed by atoms with Crippen LogP contribution in [0.15, 0.2) is 72.8 Å². The third kappa shape index (κ3) is 5.39. The largest absolute Gasteiger partial charge is 0.454 e. The number of fused-ring (bicyclic) bond motifs is 4. The number of hydrogen-bond donors (Lipinski definition) is 0. The van der Waals surface area contributed by atoms with Gasteiger partial charge in [-0.15, -0.1) is 0 Å². The van der Waals surface area contributed by atoms with E-state index in [1.807, 2.05) is 18.2 Å². The van der Waals surface area contributed by atoms with Crippen molar-refractivity contribution in [2.24, 2.45) is 0 Å². The second-order valence-electron chi connectivity index (χ2n) is 13.7. The smallest absolute Gasteiger partial charge is 0.231 e. The third-order valence-corrected chi connectivity index (χ3v) is 11.4. The highest BCUT2D eigenvalue weighted by atomic mass is 16.7. The van der Waals surface area contributed by atoms with Crippen molar-refractivity contribution in [3.05, 3.63) is 89.7 Å². The van der Waals surface area contributed by atoms with Crippen molar-refractivity contribution in [1.29, 1.82) is 0 Å². The minimum absolute atomic E-state index is 0.114. The van der Waals surface area contributed by atoms with Gasteiger partial charge in [0.2, 0.25) is 12.7 Å². The van der Waals surface area contributed by atoms with Gasteiger partial charge in [0.25, 0.3) is 0 Å². The summed E-state index contributed by atoms with van der Waals surface area (Å²) in [5.41, 5.74) is 5.08. The van der Waals surface area contributed by atoms with Crippen molar-refractivity contribution in [3.63, 3.8) is 0 Å². The van der Waals surface area contributed by atoms with E-state index in [1.165, 1.54) is 36.8 Å². The number of ether oxygens (including phenoxy) is 2. The second-order valence-corrected chi connectivity index (χ2v) is 13.7. The van der Waals surface area contributed by atoms with Crippen molar-refractivity contribution < 1.29 is 14.3 Å². The lowest BCUT2D eigenvalue weighted by Crippen LogP contribution is -2.49. The van der Waals surface area contributed by atoms with Crippen LogP contribution in [0, 0.1) is 6.92 Å². The van der Waals surface area contributed by atoms with Crippen LogP contribution in [0.3, 0.4) is 0 Å². The number of amides is 1. The molecule has 1 amide bonds. The zero-order valence-electron chi connectivity index (χ0n) is 26.4. The lowest BCUT2D eigenvalue weighted by molar-refractivity contribution is -0.132. The maximum absolute atomic E-state index is 13.3. The molecular formula is C38H44N4O3. The predicted molar refractivity (Wildman–Crippen MR) is 176 cm³/mol. The maximum Gasteiger partial charge on any atom is 0.231 e. The number of piperidine rings is 2. The Balaban J connectivity index is 0.921. The molecule has 3 fully saturated rings. The summed E-state index contributed by atoms with van der Waals surface area (Å²) in [6, 6.07) is 27.6. The molecule has 8 rings (SSSR count). The molecule has 3 saturated heterocycles. The Labute approximate surface area is 266 Å². The molecule has 4 aliphatic rings. The Hall–Kier alpha value is -3.84. The normalized spacial score (nSPS) is 23.9. The average molecular weight is 605 g/mol. The van der Waals surface area contributed by atoms with Crippen molar-refractivity contribution in [2.45, 2.75) is 88.3 Å². The van der Waals surface area contributed by atoms with Gasteiger partial charge in [-0.05, 0) is 106 Å². The fraction of sp³-hybridized carbons (Fsp3) is 0.474. The van der Waals surface area contributed by atoms with Crippen LogP contribution in [-0.4, -0.2) is 63.8 Å². The molecule has 5 heterocycles. The molecule has 0 aliphatic carbocycles. The Morgan fingerprint density at radius 1 is 0.889 bits per heavy atom. The third-order valence-electron chi connectivity index (χ3n) is 11.4. The van der Waals surface area contributed by atoms with E-state index in [-0.39, 0.29) is 18.1 Å². The van der Waals surface area contributed by atoms with Crippen molar-refractivity contribution in [1.82, 2.24) is 19.4 Å². The molecule has 4 aliphatic heterocycles. The van der Waals surface area contributed by atoms with E-state index in [0.29, 0.717) is 24.5 Å². The van der Waals surface area contributed by atoms with Crippen molar-refractivity contribution in [2.75, 3.05) is 26.4 Å². The number of nitrogens with zero attached hydrogens (tertiary/aromatic N) is 4. The molecule has 1 aromatic heterocycles. The molecule has 234 valence electrons. The Morgan fingerprint density at radius 3 is 2.42 bits per heavy atom. The van der Waals surface area contributed by atoms with Crippen LogP contribution in [0.1, 0.15) is 74.4 Å². The fourth-order valence-electron chi connectivity index (χ4n) is 8.96. The molecule has 7 heteroatoms. The highest BCUT2D eigenvalue weighted by molar-refractivity contribution is 5.77. The average Bonchev–Trinajstić information content (AvgIpc) is 3.75. The lowest BCUT2D eigenvalue weighted by atomic mass is 9.70. The first-order valence-electron chi connectivity index (χ1n) is 17.0. The van der Waals surface area contributed by atoms with Gasteiger partial charge in [-0.1, -0.05) is 48.5 Å². The van der Waals surface area contributed by atoms with Crippen LogP contribution in [0.2, 0.25) is 0 Å². The molecule has 4 aromatic rings. The number of hydrogen-bond acceptors (Lipinski definition) is 5. The van der Waals surface area contributed by atoms with E-state index in [1.54, 1.807) is 0 Å². The number of rotatable bonds is 8. The number of benzene rings is 3. The Morgan fingerprint density at radius 2 is 1.62 bits per heavy atom. The van der Waals surface area contributed by atoms with E-state index in [0.717, 1.165) is 73.7 Å². The van der Waals surface area contributed by atoms with Gasteiger partial charge in [0, 0.05) is 37.6 Å². The summed E-state index contributed by atoms with van der Waals surface area (Å²) < 4.78 is 13.5. The predicted octanol–water partition coefficient (Wildman–Crippen LogP) is 6.82. The first-order valence-corrected chi connectivity index (χ1v) is 17.0. The summed E-state index contributed by atoms with van der Waals surface area (Å²) in [6.45, 7) is 5.25. The minimum Gasteiger partial charge on any atom is -0.454 e. The number of likely N-dealkylation sites (tertiary alicyclic amines) is 1. The molecule has 7 nitrogen and oxygen atoms in total. The highest BCUT2D eigenvalue weighted by Gasteiger charge is 2.44. The van der Waals surface area contributed by atoms with Gasteiger partial charge in [-0.3, -0.25) is 9.69 Å². The van der Waals surface area contributed by atoms with Gasteiger partial charge in [-0.2, -0.15) is 0 Å². The van der Waals surface area contributed by atoms with Crippen LogP contribution in [-0.2, 0) is 16.6 Å². The summed E-state index contributed by atoms with van der Waals surface area (Å²) in [6.07, 6.45) is 9.49. The highest BCUT2D eigenvalue weighted by Crippen LogP contribution is 2.45. The van der Waals surface area contributed by atoms with Gasteiger partial charge in [0.15, 0.2) is 11.5 Å². The SMILES string of the molecule is Cc1nc2ccccc2n1[C@H]1C[C@H]2CC[C@@H](C1)N2CCC1(c2ccccc2)CCN(C(=O)CCc2ccc3c(c2)OCO3)CC1. The van der Waals surface area contributed by atoms with Gasteiger partial charge in [-0.25, -0.2) is 4.98 Å².